The molecule has 7 nitrogen and oxygen atoms in total. The third kappa shape index (κ3) is 3.59. The van der Waals surface area contributed by atoms with Gasteiger partial charge in [0.25, 0.3) is 0 Å². The van der Waals surface area contributed by atoms with Crippen molar-refractivity contribution in [3.05, 3.63) is 30.0 Å². The van der Waals surface area contributed by atoms with Crippen molar-refractivity contribution in [1.82, 2.24) is 24.5 Å². The fourth-order valence-electron chi connectivity index (χ4n) is 3.10. The van der Waals surface area contributed by atoms with E-state index in [-0.39, 0.29) is 5.92 Å². The predicted octanol–water partition coefficient (Wildman–Crippen LogP) is 1.39. The topological polar surface area (TPSA) is 91.8 Å². The standard InChI is InChI=1S/C15H21N5O2S/c1-11-13(9-18-19-11)15-14(16-5-6-17-15)8-12-4-3-7-20(10-12)23(2,21)22/h5-6,9,12H,3-4,7-8,10H2,1-2H3,(H,18,19). The van der Waals surface area contributed by atoms with Crippen LogP contribution in [0, 0.1) is 12.8 Å². The summed E-state index contributed by atoms with van der Waals surface area (Å²) >= 11 is 0. The summed E-state index contributed by atoms with van der Waals surface area (Å²) in [5.74, 6) is 0.265. The highest BCUT2D eigenvalue weighted by molar-refractivity contribution is 7.88. The van der Waals surface area contributed by atoms with Crippen LogP contribution in [-0.2, 0) is 16.4 Å². The summed E-state index contributed by atoms with van der Waals surface area (Å²) in [4.78, 5) is 8.95. The monoisotopic (exact) mass is 335 g/mol. The van der Waals surface area contributed by atoms with Gasteiger partial charge in [-0.2, -0.15) is 5.10 Å². The molecule has 1 saturated heterocycles. The number of rotatable bonds is 4. The Kier molecular flexibility index (Phi) is 4.45. The molecule has 3 heterocycles. The van der Waals surface area contributed by atoms with E-state index >= 15 is 0 Å². The maximum Gasteiger partial charge on any atom is 0.211 e. The number of aromatic nitrogens is 4. The Balaban J connectivity index is 1.82. The van der Waals surface area contributed by atoms with Gasteiger partial charge in [0.1, 0.15) is 0 Å². The van der Waals surface area contributed by atoms with Crippen molar-refractivity contribution < 1.29 is 8.42 Å². The van der Waals surface area contributed by atoms with Gasteiger partial charge < -0.3 is 0 Å². The van der Waals surface area contributed by atoms with Crippen molar-refractivity contribution in [2.45, 2.75) is 26.2 Å². The molecule has 23 heavy (non-hydrogen) atoms. The van der Waals surface area contributed by atoms with E-state index in [9.17, 15) is 8.42 Å². The van der Waals surface area contributed by atoms with Crippen LogP contribution in [0.5, 0.6) is 0 Å². The smallest absolute Gasteiger partial charge is 0.211 e. The van der Waals surface area contributed by atoms with Gasteiger partial charge in [-0.15, -0.1) is 0 Å². The zero-order valence-corrected chi connectivity index (χ0v) is 14.2. The van der Waals surface area contributed by atoms with E-state index in [1.54, 1.807) is 22.9 Å². The first kappa shape index (κ1) is 16.1. The van der Waals surface area contributed by atoms with Crippen LogP contribution in [0.15, 0.2) is 18.6 Å². The van der Waals surface area contributed by atoms with Gasteiger partial charge in [0.05, 0.1) is 23.8 Å². The summed E-state index contributed by atoms with van der Waals surface area (Å²) in [6.45, 7) is 3.12. The van der Waals surface area contributed by atoms with Gasteiger partial charge in [-0.05, 0) is 32.1 Å². The van der Waals surface area contributed by atoms with Crippen LogP contribution in [0.1, 0.15) is 24.2 Å². The molecule has 0 bridgehead atoms. The van der Waals surface area contributed by atoms with Crippen molar-refractivity contribution >= 4 is 10.0 Å². The Hall–Kier alpha value is -1.80. The summed E-state index contributed by atoms with van der Waals surface area (Å²) in [6.07, 6.45) is 9.01. The molecule has 2 aromatic rings. The molecule has 0 aliphatic carbocycles. The predicted molar refractivity (Wildman–Crippen MR) is 87.2 cm³/mol. The number of nitrogens with zero attached hydrogens (tertiary/aromatic N) is 4. The van der Waals surface area contributed by atoms with Crippen LogP contribution >= 0.6 is 0 Å². The van der Waals surface area contributed by atoms with Crippen molar-refractivity contribution in [1.29, 1.82) is 0 Å². The SMILES string of the molecule is Cc1[nH]ncc1-c1nccnc1CC1CCCN(S(C)(=O)=O)C1. The van der Waals surface area contributed by atoms with Gasteiger partial charge in [0, 0.05) is 36.7 Å². The fraction of sp³-hybridized carbons (Fsp3) is 0.533. The molecule has 1 atom stereocenters. The van der Waals surface area contributed by atoms with Gasteiger partial charge >= 0.3 is 0 Å². The summed E-state index contributed by atoms with van der Waals surface area (Å²) in [5.41, 5.74) is 3.63. The lowest BCUT2D eigenvalue weighted by atomic mass is 9.93. The Bertz CT molecular complexity index is 787. The molecule has 8 heteroatoms. The van der Waals surface area contributed by atoms with Gasteiger partial charge in [0.2, 0.25) is 10.0 Å². The van der Waals surface area contributed by atoms with E-state index in [0.29, 0.717) is 13.1 Å². The van der Waals surface area contributed by atoms with E-state index in [2.05, 4.69) is 20.2 Å². The van der Waals surface area contributed by atoms with E-state index in [1.807, 2.05) is 6.92 Å². The second kappa shape index (κ2) is 6.37. The van der Waals surface area contributed by atoms with Crippen molar-refractivity contribution in [2.24, 2.45) is 5.92 Å². The lowest BCUT2D eigenvalue weighted by Crippen LogP contribution is -2.39. The summed E-state index contributed by atoms with van der Waals surface area (Å²) in [6, 6.07) is 0. The number of piperidine rings is 1. The van der Waals surface area contributed by atoms with E-state index in [0.717, 1.165) is 41.9 Å². The van der Waals surface area contributed by atoms with Crippen LogP contribution in [0.3, 0.4) is 0 Å². The highest BCUT2D eigenvalue weighted by atomic mass is 32.2. The zero-order chi connectivity index (χ0) is 16.4. The van der Waals surface area contributed by atoms with Gasteiger partial charge in [-0.3, -0.25) is 15.1 Å². The highest BCUT2D eigenvalue weighted by Gasteiger charge is 2.27. The Morgan fingerprint density at radius 2 is 2.13 bits per heavy atom. The first-order chi connectivity index (χ1) is 10.9. The largest absolute Gasteiger partial charge is 0.282 e. The molecule has 0 aromatic carbocycles. The van der Waals surface area contributed by atoms with Gasteiger partial charge in [-0.1, -0.05) is 0 Å². The number of nitrogens with one attached hydrogen (secondary N) is 1. The van der Waals surface area contributed by atoms with Gasteiger partial charge in [0.15, 0.2) is 0 Å². The second-order valence-electron chi connectivity index (χ2n) is 6.09. The Labute approximate surface area is 136 Å². The van der Waals surface area contributed by atoms with E-state index < -0.39 is 10.0 Å². The molecule has 1 aliphatic heterocycles. The van der Waals surface area contributed by atoms with Crippen molar-refractivity contribution in [2.75, 3.05) is 19.3 Å². The molecule has 1 unspecified atom stereocenters. The zero-order valence-electron chi connectivity index (χ0n) is 13.4. The number of hydrogen-bond donors (Lipinski definition) is 1. The molecule has 0 spiro atoms. The Morgan fingerprint density at radius 3 is 2.83 bits per heavy atom. The van der Waals surface area contributed by atoms with Crippen molar-refractivity contribution in [3.63, 3.8) is 0 Å². The fourth-order valence-corrected chi connectivity index (χ4v) is 4.04. The van der Waals surface area contributed by atoms with Crippen LogP contribution in [0.2, 0.25) is 0 Å². The molecule has 1 N–H and O–H groups in total. The number of H-pyrrole nitrogens is 1. The molecule has 124 valence electrons. The number of aryl methyl sites for hydroxylation is 1. The lowest BCUT2D eigenvalue weighted by molar-refractivity contribution is 0.265. The summed E-state index contributed by atoms with van der Waals surface area (Å²) < 4.78 is 25.1. The average molecular weight is 335 g/mol. The number of hydrogen-bond acceptors (Lipinski definition) is 5. The van der Waals surface area contributed by atoms with Crippen LogP contribution < -0.4 is 0 Å². The molecule has 1 fully saturated rings. The average Bonchev–Trinajstić information content (AvgIpc) is 2.93. The molecular weight excluding hydrogens is 314 g/mol. The molecule has 3 rings (SSSR count). The maximum atomic E-state index is 11.8. The number of aromatic amines is 1. The first-order valence-electron chi connectivity index (χ1n) is 7.70. The lowest BCUT2D eigenvalue weighted by Gasteiger charge is -2.31. The van der Waals surface area contributed by atoms with E-state index in [4.69, 9.17) is 0 Å². The molecule has 0 amide bonds. The molecule has 0 radical (unpaired) electrons. The Morgan fingerprint density at radius 1 is 1.35 bits per heavy atom. The minimum absolute atomic E-state index is 0.265. The quantitative estimate of drug-likeness (QED) is 0.911. The summed E-state index contributed by atoms with van der Waals surface area (Å²) in [5, 5.41) is 6.97. The second-order valence-corrected chi connectivity index (χ2v) is 8.08. The van der Waals surface area contributed by atoms with E-state index in [1.165, 1.54) is 6.26 Å². The molecule has 0 saturated carbocycles. The number of sulfonamides is 1. The van der Waals surface area contributed by atoms with Crippen LogP contribution in [0.25, 0.3) is 11.3 Å². The third-order valence-electron chi connectivity index (χ3n) is 4.29. The van der Waals surface area contributed by atoms with Crippen LogP contribution in [-0.4, -0.2) is 52.2 Å². The third-order valence-corrected chi connectivity index (χ3v) is 5.56. The summed E-state index contributed by atoms with van der Waals surface area (Å²) in [7, 11) is -3.13. The normalized spacial score (nSPS) is 19.8. The maximum absolute atomic E-state index is 11.8. The molecule has 1 aliphatic rings. The first-order valence-corrected chi connectivity index (χ1v) is 9.55. The van der Waals surface area contributed by atoms with Gasteiger partial charge in [-0.25, -0.2) is 12.7 Å². The van der Waals surface area contributed by atoms with Crippen molar-refractivity contribution in [3.8, 4) is 11.3 Å². The molecule has 2 aromatic heterocycles. The molecular formula is C15H21N5O2S. The minimum atomic E-state index is -3.13. The minimum Gasteiger partial charge on any atom is -0.282 e. The van der Waals surface area contributed by atoms with Crippen LogP contribution in [0.4, 0.5) is 0 Å². The highest BCUT2D eigenvalue weighted by Crippen LogP contribution is 2.27.